The van der Waals surface area contributed by atoms with Crippen LogP contribution in [-0.4, -0.2) is 85.5 Å². The van der Waals surface area contributed by atoms with Crippen molar-refractivity contribution in [1.29, 1.82) is 0 Å². The van der Waals surface area contributed by atoms with Gasteiger partial charge in [0.1, 0.15) is 17.8 Å². The molecule has 0 aliphatic carbocycles. The number of likely N-dealkylation sites (tertiary alicyclic amines) is 1. The van der Waals surface area contributed by atoms with Gasteiger partial charge in [-0.05, 0) is 71.4 Å². The summed E-state index contributed by atoms with van der Waals surface area (Å²) in [6, 6.07) is 9.05. The number of aryl methyl sites for hydroxylation is 1. The third-order valence-electron chi connectivity index (χ3n) is 8.02. The van der Waals surface area contributed by atoms with Gasteiger partial charge >= 0.3 is 0 Å². The number of ether oxygens (including phenoxy) is 3. The molecule has 2 aromatic rings. The molecule has 9 heteroatoms. The molecule has 40 heavy (non-hydrogen) atoms. The van der Waals surface area contributed by atoms with E-state index in [1.54, 1.807) is 7.11 Å². The van der Waals surface area contributed by atoms with Crippen LogP contribution in [0.3, 0.4) is 0 Å². The first-order valence-electron chi connectivity index (χ1n) is 14.8. The number of carbonyl (C=O) groups is 1. The molecule has 9 nitrogen and oxygen atoms in total. The van der Waals surface area contributed by atoms with E-state index in [1.807, 2.05) is 18.7 Å². The fraction of sp³-hybridized carbons (Fsp3) is 0.645. The van der Waals surface area contributed by atoms with E-state index >= 15 is 0 Å². The maximum absolute atomic E-state index is 13.4. The number of amides is 1. The lowest BCUT2D eigenvalue weighted by Crippen LogP contribution is -2.45. The van der Waals surface area contributed by atoms with Crippen LogP contribution in [0.5, 0.6) is 0 Å². The van der Waals surface area contributed by atoms with E-state index in [-0.39, 0.29) is 24.2 Å². The molecule has 4 rings (SSSR count). The summed E-state index contributed by atoms with van der Waals surface area (Å²) in [5.41, 5.74) is 3.77. The molecule has 1 aromatic heterocycles. The zero-order valence-corrected chi connectivity index (χ0v) is 24.7. The van der Waals surface area contributed by atoms with E-state index in [0.29, 0.717) is 30.7 Å². The van der Waals surface area contributed by atoms with Crippen molar-refractivity contribution in [2.24, 2.45) is 0 Å². The topological polar surface area (TPSA) is 97.8 Å². The van der Waals surface area contributed by atoms with Gasteiger partial charge in [-0.25, -0.2) is 9.97 Å². The molecule has 0 spiro atoms. The van der Waals surface area contributed by atoms with E-state index in [0.717, 1.165) is 70.3 Å². The second kappa shape index (κ2) is 15.4. The molecular weight excluding hydrogens is 506 g/mol. The van der Waals surface area contributed by atoms with Gasteiger partial charge in [0.25, 0.3) is 5.91 Å². The molecule has 0 unspecified atom stereocenters. The number of carbonyl (C=O) groups excluding carboxylic acids is 1. The van der Waals surface area contributed by atoms with Gasteiger partial charge in [-0.1, -0.05) is 29.8 Å². The Morgan fingerprint density at radius 3 is 2.65 bits per heavy atom. The summed E-state index contributed by atoms with van der Waals surface area (Å²) in [5.74, 6) is 0.688. The lowest BCUT2D eigenvalue weighted by Gasteiger charge is -2.33. The van der Waals surface area contributed by atoms with Crippen LogP contribution >= 0.6 is 0 Å². The number of methoxy groups -OCH3 is 1. The van der Waals surface area contributed by atoms with Crippen LogP contribution in [0.1, 0.15) is 78.7 Å². The van der Waals surface area contributed by atoms with Gasteiger partial charge in [0.2, 0.25) is 0 Å². The number of anilines is 1. The second-order valence-corrected chi connectivity index (χ2v) is 11.2. The fourth-order valence-electron chi connectivity index (χ4n) is 5.36. The van der Waals surface area contributed by atoms with Gasteiger partial charge in [0.05, 0.1) is 24.9 Å². The van der Waals surface area contributed by atoms with Crippen molar-refractivity contribution in [3.63, 3.8) is 0 Å². The normalized spacial score (nSPS) is 20.9. The molecular formula is C31H47N5O4. The second-order valence-electron chi connectivity index (χ2n) is 11.2. The van der Waals surface area contributed by atoms with Gasteiger partial charge < -0.3 is 29.7 Å². The summed E-state index contributed by atoms with van der Waals surface area (Å²) in [6.07, 6.45) is 7.85. The minimum Gasteiger partial charge on any atom is -0.379 e. The Kier molecular flexibility index (Phi) is 11.7. The molecule has 2 fully saturated rings. The minimum absolute atomic E-state index is 0.0181. The van der Waals surface area contributed by atoms with Crippen LogP contribution in [0.15, 0.2) is 30.6 Å². The summed E-state index contributed by atoms with van der Waals surface area (Å²) in [7, 11) is 1.70. The molecule has 1 amide bonds. The highest BCUT2D eigenvalue weighted by atomic mass is 16.5. The summed E-state index contributed by atoms with van der Waals surface area (Å²) < 4.78 is 17.2. The van der Waals surface area contributed by atoms with E-state index in [4.69, 9.17) is 14.2 Å². The fourth-order valence-corrected chi connectivity index (χ4v) is 5.36. The molecule has 220 valence electrons. The Bertz CT molecular complexity index is 1060. The van der Waals surface area contributed by atoms with Crippen molar-refractivity contribution in [2.75, 3.05) is 51.8 Å². The van der Waals surface area contributed by atoms with Gasteiger partial charge in [-0.2, -0.15) is 0 Å². The summed E-state index contributed by atoms with van der Waals surface area (Å²) in [4.78, 5) is 24.1. The van der Waals surface area contributed by atoms with Crippen molar-refractivity contribution < 1.29 is 19.0 Å². The predicted octanol–water partition coefficient (Wildman–Crippen LogP) is 4.45. The minimum atomic E-state index is -0.0181. The third kappa shape index (κ3) is 8.70. The van der Waals surface area contributed by atoms with Gasteiger partial charge in [-0.3, -0.25) is 4.79 Å². The number of aromatic nitrogens is 2. The van der Waals surface area contributed by atoms with Crippen molar-refractivity contribution in [2.45, 2.75) is 83.6 Å². The summed E-state index contributed by atoms with van der Waals surface area (Å²) in [6.45, 7) is 10.4. The Balaban J connectivity index is 1.21. The first kappa shape index (κ1) is 30.4. The largest absolute Gasteiger partial charge is 0.379 e. The van der Waals surface area contributed by atoms with Crippen LogP contribution in [0, 0.1) is 13.8 Å². The molecule has 2 aliphatic rings. The average Bonchev–Trinajstić information content (AvgIpc) is 2.98. The van der Waals surface area contributed by atoms with Crippen LogP contribution < -0.4 is 10.6 Å². The molecule has 2 aliphatic heterocycles. The van der Waals surface area contributed by atoms with Crippen LogP contribution in [-0.2, 0) is 14.2 Å². The van der Waals surface area contributed by atoms with Crippen molar-refractivity contribution in [3.05, 3.63) is 53.0 Å². The molecule has 2 saturated heterocycles. The molecule has 2 N–H and O–H groups in total. The number of hydrogen-bond donors (Lipinski definition) is 2. The average molecular weight is 554 g/mol. The quantitative estimate of drug-likeness (QED) is 0.351. The number of benzene rings is 1. The smallest absolute Gasteiger partial charge is 0.272 e. The highest BCUT2D eigenvalue weighted by molar-refractivity contribution is 5.94. The number of piperidine rings is 1. The van der Waals surface area contributed by atoms with E-state index in [2.05, 4.69) is 51.8 Å². The summed E-state index contributed by atoms with van der Waals surface area (Å²) in [5, 5.41) is 7.05. The zero-order valence-electron chi connectivity index (χ0n) is 24.7. The lowest BCUT2D eigenvalue weighted by atomic mass is 9.97. The summed E-state index contributed by atoms with van der Waals surface area (Å²) >= 11 is 0. The number of rotatable bonds is 13. The van der Waals surface area contributed by atoms with Gasteiger partial charge in [0, 0.05) is 45.0 Å². The highest BCUT2D eigenvalue weighted by Gasteiger charge is 2.27. The lowest BCUT2D eigenvalue weighted by molar-refractivity contribution is -0.0442. The number of hydrogen-bond acceptors (Lipinski definition) is 8. The van der Waals surface area contributed by atoms with E-state index in [9.17, 15) is 4.79 Å². The van der Waals surface area contributed by atoms with Gasteiger partial charge in [-0.15, -0.1) is 0 Å². The first-order valence-corrected chi connectivity index (χ1v) is 14.8. The Morgan fingerprint density at radius 2 is 1.90 bits per heavy atom. The molecule has 0 bridgehead atoms. The van der Waals surface area contributed by atoms with Crippen molar-refractivity contribution in [3.8, 4) is 0 Å². The Morgan fingerprint density at radius 1 is 1.12 bits per heavy atom. The monoisotopic (exact) mass is 553 g/mol. The molecule has 0 radical (unpaired) electrons. The maximum Gasteiger partial charge on any atom is 0.272 e. The first-order chi connectivity index (χ1) is 19.4. The zero-order chi connectivity index (χ0) is 28.3. The molecule has 3 heterocycles. The van der Waals surface area contributed by atoms with Crippen LogP contribution in [0.4, 0.5) is 5.82 Å². The molecule has 3 atom stereocenters. The predicted molar refractivity (Wildman–Crippen MR) is 157 cm³/mol. The van der Waals surface area contributed by atoms with Crippen LogP contribution in [0.25, 0.3) is 0 Å². The van der Waals surface area contributed by atoms with E-state index < -0.39 is 0 Å². The number of nitrogens with zero attached hydrogens (tertiary/aromatic N) is 3. The highest BCUT2D eigenvalue weighted by Crippen LogP contribution is 2.31. The van der Waals surface area contributed by atoms with E-state index in [1.165, 1.54) is 17.5 Å². The Labute approximate surface area is 239 Å². The SMILES string of the molecule is CO[C@H](C)COCCCNC1CCN(C(=O)c2ncnc(NC[C@H]3CCC[C@@H](c4ccc(C)cc4)O3)c2C)CC1. The number of nitrogens with one attached hydrogen (secondary N) is 2. The maximum atomic E-state index is 13.4. The molecule has 0 saturated carbocycles. The van der Waals surface area contributed by atoms with Crippen molar-refractivity contribution in [1.82, 2.24) is 20.2 Å². The molecule has 1 aromatic carbocycles. The Hall–Kier alpha value is -2.59. The standard InChI is InChI=1S/C31H47N5O4/c1-22-9-11-25(12-10-22)28-8-5-7-27(40-28)19-33-30-24(3)29(34-21-35-30)31(37)36-16-13-26(14-17-36)32-15-6-18-39-20-23(2)38-4/h9-12,21,23,26-28,32H,5-8,13-20H2,1-4H3,(H,33,34,35)/t23-,27-,28+/m1/s1. The van der Waals surface area contributed by atoms with Gasteiger partial charge in [0.15, 0.2) is 0 Å². The van der Waals surface area contributed by atoms with Crippen LogP contribution in [0.2, 0.25) is 0 Å². The third-order valence-corrected chi connectivity index (χ3v) is 8.02. The van der Waals surface area contributed by atoms with Crippen molar-refractivity contribution >= 4 is 11.7 Å².